The number of nitriles is 1. The van der Waals surface area contributed by atoms with Crippen LogP contribution in [0.5, 0.6) is 0 Å². The number of nitrogen functional groups attached to an aromatic ring is 2. The standard InChI is InChI=1S/C24H19N5OS/c1-13-6-8-15(9-7-13)18-16(12-25)22(27)28-23-19(18)20(26)21(31-23)24(30)29-11-10-14-4-2-3-5-17(14)29/h2-9H,10-11,26H2,1H3,(H2,27,28). The zero-order chi connectivity index (χ0) is 21.7. The minimum Gasteiger partial charge on any atom is -0.397 e. The third-order valence-electron chi connectivity index (χ3n) is 5.68. The minimum atomic E-state index is -0.155. The Morgan fingerprint density at radius 3 is 2.65 bits per heavy atom. The van der Waals surface area contributed by atoms with Crippen LogP contribution in [0.4, 0.5) is 17.2 Å². The lowest BCUT2D eigenvalue weighted by Gasteiger charge is -2.16. The second-order valence-electron chi connectivity index (χ2n) is 7.59. The first-order valence-electron chi connectivity index (χ1n) is 9.88. The number of nitrogens with zero attached hydrogens (tertiary/aromatic N) is 3. The Balaban J connectivity index is 1.72. The Morgan fingerprint density at radius 1 is 1.16 bits per heavy atom. The van der Waals surface area contributed by atoms with Crippen LogP contribution in [0.1, 0.15) is 26.4 Å². The van der Waals surface area contributed by atoms with Gasteiger partial charge in [0.25, 0.3) is 5.91 Å². The first-order valence-corrected chi connectivity index (χ1v) is 10.7. The molecule has 0 radical (unpaired) electrons. The van der Waals surface area contributed by atoms with Gasteiger partial charge >= 0.3 is 0 Å². The number of para-hydroxylation sites is 1. The number of rotatable bonds is 2. The van der Waals surface area contributed by atoms with E-state index in [9.17, 15) is 10.1 Å². The van der Waals surface area contributed by atoms with Gasteiger partial charge in [-0.25, -0.2) is 4.98 Å². The molecule has 5 rings (SSSR count). The first-order chi connectivity index (χ1) is 15.0. The molecule has 0 spiro atoms. The fourth-order valence-corrected chi connectivity index (χ4v) is 5.18. The lowest BCUT2D eigenvalue weighted by Crippen LogP contribution is -2.28. The molecule has 0 atom stereocenters. The molecule has 1 amide bonds. The van der Waals surface area contributed by atoms with Gasteiger partial charge in [0.1, 0.15) is 27.2 Å². The molecule has 0 saturated carbocycles. The van der Waals surface area contributed by atoms with Crippen LogP contribution in [0.3, 0.4) is 0 Å². The molecule has 1 aliphatic rings. The van der Waals surface area contributed by atoms with Crippen molar-refractivity contribution in [1.29, 1.82) is 5.26 Å². The molecule has 3 heterocycles. The summed E-state index contributed by atoms with van der Waals surface area (Å²) in [6.45, 7) is 2.60. The fourth-order valence-electron chi connectivity index (χ4n) is 4.12. The maximum Gasteiger partial charge on any atom is 0.270 e. The smallest absolute Gasteiger partial charge is 0.270 e. The van der Waals surface area contributed by atoms with E-state index in [-0.39, 0.29) is 17.3 Å². The summed E-state index contributed by atoms with van der Waals surface area (Å²) in [5, 5.41) is 10.4. The van der Waals surface area contributed by atoms with Crippen LogP contribution in [-0.2, 0) is 6.42 Å². The van der Waals surface area contributed by atoms with Crippen LogP contribution < -0.4 is 16.4 Å². The molecule has 7 heteroatoms. The van der Waals surface area contributed by atoms with Crippen molar-refractivity contribution < 1.29 is 4.79 Å². The van der Waals surface area contributed by atoms with Gasteiger partial charge in [-0.05, 0) is 30.5 Å². The molecular formula is C24H19N5OS. The number of carbonyl (C=O) groups is 1. The number of amides is 1. The average Bonchev–Trinajstić information content (AvgIpc) is 3.34. The third kappa shape index (κ3) is 2.92. The van der Waals surface area contributed by atoms with Crippen molar-refractivity contribution >= 4 is 44.7 Å². The van der Waals surface area contributed by atoms with Crippen LogP contribution in [0.15, 0.2) is 48.5 Å². The molecule has 0 aliphatic carbocycles. The summed E-state index contributed by atoms with van der Waals surface area (Å²) in [5.41, 5.74) is 17.9. The fraction of sp³-hybridized carbons (Fsp3) is 0.125. The van der Waals surface area contributed by atoms with Crippen LogP contribution in [0.25, 0.3) is 21.3 Å². The third-order valence-corrected chi connectivity index (χ3v) is 6.77. The maximum absolute atomic E-state index is 13.5. The Kier molecular flexibility index (Phi) is 4.38. The number of nitrogens with two attached hydrogens (primary N) is 2. The molecule has 1 aliphatic heterocycles. The van der Waals surface area contributed by atoms with Gasteiger partial charge in [0.05, 0.1) is 5.69 Å². The summed E-state index contributed by atoms with van der Waals surface area (Å²) in [6.07, 6.45) is 0.811. The van der Waals surface area contributed by atoms with Crippen molar-refractivity contribution in [3.8, 4) is 17.2 Å². The number of aryl methyl sites for hydroxylation is 1. The van der Waals surface area contributed by atoms with Crippen molar-refractivity contribution in [2.45, 2.75) is 13.3 Å². The lowest BCUT2D eigenvalue weighted by molar-refractivity contribution is 0.0994. The highest BCUT2D eigenvalue weighted by molar-refractivity contribution is 7.21. The summed E-state index contributed by atoms with van der Waals surface area (Å²) in [6, 6.07) is 17.9. The number of hydrogen-bond donors (Lipinski definition) is 2. The van der Waals surface area contributed by atoms with Crippen molar-refractivity contribution in [2.24, 2.45) is 0 Å². The summed E-state index contributed by atoms with van der Waals surface area (Å²) in [4.78, 5) is 20.6. The van der Waals surface area contributed by atoms with E-state index in [1.54, 1.807) is 4.90 Å². The molecule has 4 N–H and O–H groups in total. The molecule has 2 aromatic heterocycles. The van der Waals surface area contributed by atoms with Gasteiger partial charge in [-0.1, -0.05) is 48.0 Å². The van der Waals surface area contributed by atoms with Crippen molar-refractivity contribution in [3.05, 3.63) is 70.1 Å². The Morgan fingerprint density at radius 2 is 1.90 bits per heavy atom. The Hall–Kier alpha value is -3.89. The zero-order valence-electron chi connectivity index (χ0n) is 16.8. The van der Waals surface area contributed by atoms with E-state index in [4.69, 9.17) is 11.5 Å². The summed E-state index contributed by atoms with van der Waals surface area (Å²) < 4.78 is 0. The first kappa shape index (κ1) is 19.1. The van der Waals surface area contributed by atoms with Gasteiger partial charge in [-0.15, -0.1) is 11.3 Å². The van der Waals surface area contributed by atoms with E-state index in [0.29, 0.717) is 32.9 Å². The predicted octanol–water partition coefficient (Wildman–Crippen LogP) is 4.51. The average molecular weight is 426 g/mol. The normalized spacial score (nSPS) is 12.7. The molecule has 6 nitrogen and oxygen atoms in total. The second-order valence-corrected chi connectivity index (χ2v) is 8.58. The highest BCUT2D eigenvalue weighted by Crippen LogP contribution is 2.43. The van der Waals surface area contributed by atoms with Crippen molar-refractivity contribution in [2.75, 3.05) is 22.9 Å². The molecular weight excluding hydrogens is 406 g/mol. The predicted molar refractivity (Wildman–Crippen MR) is 125 cm³/mol. The number of anilines is 3. The van der Waals surface area contributed by atoms with E-state index < -0.39 is 0 Å². The monoisotopic (exact) mass is 425 g/mol. The number of hydrogen-bond acceptors (Lipinski definition) is 6. The van der Waals surface area contributed by atoms with Gasteiger partial charge in [0, 0.05) is 23.2 Å². The Labute approximate surface area is 183 Å². The van der Waals surface area contributed by atoms with E-state index in [2.05, 4.69) is 11.1 Å². The highest BCUT2D eigenvalue weighted by Gasteiger charge is 2.30. The molecule has 152 valence electrons. The number of pyridine rings is 1. The number of fused-ring (bicyclic) bond motifs is 2. The summed E-state index contributed by atoms with van der Waals surface area (Å²) >= 11 is 1.22. The molecule has 0 fully saturated rings. The SMILES string of the molecule is Cc1ccc(-c2c(C#N)c(N)nc3sc(C(=O)N4CCc5ccccc54)c(N)c23)cc1. The molecule has 2 aromatic carbocycles. The van der Waals surface area contributed by atoms with Crippen LogP contribution in [-0.4, -0.2) is 17.4 Å². The van der Waals surface area contributed by atoms with E-state index in [1.165, 1.54) is 11.3 Å². The van der Waals surface area contributed by atoms with Crippen molar-refractivity contribution in [3.63, 3.8) is 0 Å². The highest BCUT2D eigenvalue weighted by atomic mass is 32.1. The Bertz CT molecular complexity index is 1400. The largest absolute Gasteiger partial charge is 0.397 e. The van der Waals surface area contributed by atoms with Crippen LogP contribution >= 0.6 is 11.3 Å². The van der Waals surface area contributed by atoms with Gasteiger partial charge in [0.2, 0.25) is 0 Å². The minimum absolute atomic E-state index is 0.136. The van der Waals surface area contributed by atoms with E-state index in [0.717, 1.165) is 28.8 Å². The number of thiophene rings is 1. The summed E-state index contributed by atoms with van der Waals surface area (Å²) in [5.74, 6) is -0.0188. The van der Waals surface area contributed by atoms with E-state index >= 15 is 0 Å². The van der Waals surface area contributed by atoms with Gasteiger partial charge in [0.15, 0.2) is 0 Å². The molecule has 31 heavy (non-hydrogen) atoms. The van der Waals surface area contributed by atoms with Gasteiger partial charge < -0.3 is 16.4 Å². The maximum atomic E-state index is 13.5. The lowest BCUT2D eigenvalue weighted by atomic mass is 9.96. The van der Waals surface area contributed by atoms with Crippen LogP contribution in [0, 0.1) is 18.3 Å². The second kappa shape index (κ2) is 7.11. The van der Waals surface area contributed by atoms with Gasteiger partial charge in [-0.2, -0.15) is 5.26 Å². The molecule has 0 saturated heterocycles. The van der Waals surface area contributed by atoms with Crippen molar-refractivity contribution in [1.82, 2.24) is 4.98 Å². The number of carbonyl (C=O) groups excluding carboxylic acids is 1. The number of benzene rings is 2. The molecule has 4 aromatic rings. The summed E-state index contributed by atoms with van der Waals surface area (Å²) in [7, 11) is 0. The molecule has 0 bridgehead atoms. The van der Waals surface area contributed by atoms with E-state index in [1.807, 2.05) is 55.5 Å². The topological polar surface area (TPSA) is 109 Å². The number of aromatic nitrogens is 1. The quantitative estimate of drug-likeness (QED) is 0.491. The van der Waals surface area contributed by atoms with Gasteiger partial charge in [-0.3, -0.25) is 4.79 Å². The zero-order valence-corrected chi connectivity index (χ0v) is 17.7. The molecule has 0 unspecified atom stereocenters. The van der Waals surface area contributed by atoms with Crippen LogP contribution in [0.2, 0.25) is 0 Å².